The van der Waals surface area contributed by atoms with Crippen LogP contribution in [0.5, 0.6) is 5.75 Å². The van der Waals surface area contributed by atoms with E-state index < -0.39 is 0 Å². The molecule has 0 spiro atoms. The molecular weight excluding hydrogens is 225 g/mol. The first-order chi connectivity index (χ1) is 6.69. The molecule has 0 radical (unpaired) electrons. The van der Waals surface area contributed by atoms with Crippen molar-refractivity contribution in [2.24, 2.45) is 5.16 Å². The Hall–Kier alpha value is -0.930. The normalized spacial score (nSPS) is 10.8. The lowest BCUT2D eigenvalue weighted by Crippen LogP contribution is -1.97. The predicted molar refractivity (Wildman–Crippen MR) is 57.0 cm³/mol. The number of ether oxygens (including phenoxy) is 1. The van der Waals surface area contributed by atoms with Crippen molar-refractivity contribution < 1.29 is 9.94 Å². The summed E-state index contributed by atoms with van der Waals surface area (Å²) >= 11 is 11.7. The third kappa shape index (κ3) is 2.53. The lowest BCUT2D eigenvalue weighted by atomic mass is 10.2. The van der Waals surface area contributed by atoms with Gasteiger partial charge >= 0.3 is 0 Å². The molecule has 14 heavy (non-hydrogen) atoms. The van der Waals surface area contributed by atoms with Gasteiger partial charge in [0.1, 0.15) is 5.75 Å². The van der Waals surface area contributed by atoms with E-state index in [2.05, 4.69) is 5.16 Å². The number of hydrogen-bond acceptors (Lipinski definition) is 3. The summed E-state index contributed by atoms with van der Waals surface area (Å²) < 4.78 is 5.28. The zero-order chi connectivity index (χ0) is 10.6. The third-order valence-electron chi connectivity index (χ3n) is 1.52. The van der Waals surface area contributed by atoms with E-state index in [4.69, 9.17) is 33.1 Å². The summed E-state index contributed by atoms with van der Waals surface area (Å²) in [5.41, 5.74) is 0.548. The van der Waals surface area contributed by atoms with E-state index in [1.54, 1.807) is 12.1 Å². The van der Waals surface area contributed by atoms with Gasteiger partial charge in [-0.1, -0.05) is 28.4 Å². The van der Waals surface area contributed by atoms with E-state index in [0.29, 0.717) is 28.0 Å². The monoisotopic (exact) mass is 233 g/mol. The third-order valence-corrected chi connectivity index (χ3v) is 2.02. The molecule has 1 aromatic carbocycles. The number of hydrogen-bond donors (Lipinski definition) is 1. The summed E-state index contributed by atoms with van der Waals surface area (Å²) in [4.78, 5) is 0. The van der Waals surface area contributed by atoms with Gasteiger partial charge in [0, 0.05) is 10.6 Å². The zero-order valence-corrected chi connectivity index (χ0v) is 9.01. The van der Waals surface area contributed by atoms with Crippen molar-refractivity contribution in [2.45, 2.75) is 6.92 Å². The lowest BCUT2D eigenvalue weighted by molar-refractivity contribution is 0.320. The van der Waals surface area contributed by atoms with Crippen molar-refractivity contribution >= 4 is 29.4 Å². The molecule has 5 heteroatoms. The van der Waals surface area contributed by atoms with E-state index in [-0.39, 0.29) is 0 Å². The van der Waals surface area contributed by atoms with E-state index in [1.807, 2.05) is 6.92 Å². The zero-order valence-electron chi connectivity index (χ0n) is 7.50. The van der Waals surface area contributed by atoms with Crippen LogP contribution in [-0.4, -0.2) is 18.0 Å². The molecule has 1 N–H and O–H groups in total. The van der Waals surface area contributed by atoms with Crippen LogP contribution >= 0.6 is 23.2 Å². The number of oxime groups is 1. The van der Waals surface area contributed by atoms with Crippen molar-refractivity contribution in [1.82, 2.24) is 0 Å². The van der Waals surface area contributed by atoms with Crippen LogP contribution < -0.4 is 4.74 Å². The SMILES string of the molecule is CCOc1c(Cl)cc(Cl)cc1/C=N\O. The standard InChI is InChI=1S/C9H9Cl2NO2/c1-2-14-9-6(5-12-13)3-7(10)4-8(9)11/h3-5,13H,2H2,1H3/b12-5-. The fourth-order valence-electron chi connectivity index (χ4n) is 1.03. The van der Waals surface area contributed by atoms with Crippen molar-refractivity contribution in [3.8, 4) is 5.75 Å². The van der Waals surface area contributed by atoms with Crippen LogP contribution in [0, 0.1) is 0 Å². The summed E-state index contributed by atoms with van der Waals surface area (Å²) in [7, 11) is 0. The molecular formula is C9H9Cl2NO2. The van der Waals surface area contributed by atoms with Gasteiger partial charge in [0.05, 0.1) is 17.8 Å². The summed E-state index contributed by atoms with van der Waals surface area (Å²) in [6.45, 7) is 2.32. The Morgan fingerprint density at radius 1 is 1.50 bits per heavy atom. The average Bonchev–Trinajstić information content (AvgIpc) is 2.11. The molecule has 0 fully saturated rings. The molecule has 0 aliphatic heterocycles. The molecule has 0 unspecified atom stereocenters. The van der Waals surface area contributed by atoms with Crippen LogP contribution in [0.1, 0.15) is 12.5 Å². The van der Waals surface area contributed by atoms with E-state index in [1.165, 1.54) is 6.21 Å². The van der Waals surface area contributed by atoms with Crippen molar-refractivity contribution in [1.29, 1.82) is 0 Å². The van der Waals surface area contributed by atoms with Gasteiger partial charge in [0.2, 0.25) is 0 Å². The van der Waals surface area contributed by atoms with Crippen molar-refractivity contribution in [3.05, 3.63) is 27.7 Å². The Morgan fingerprint density at radius 3 is 2.79 bits per heavy atom. The van der Waals surface area contributed by atoms with Gasteiger partial charge in [-0.05, 0) is 19.1 Å². The van der Waals surface area contributed by atoms with Gasteiger partial charge in [-0.15, -0.1) is 0 Å². The minimum absolute atomic E-state index is 0.397. The predicted octanol–water partition coefficient (Wildman–Crippen LogP) is 3.20. The molecule has 0 amide bonds. The number of rotatable bonds is 3. The van der Waals surface area contributed by atoms with Gasteiger partial charge < -0.3 is 9.94 Å². The Balaban J connectivity index is 3.21. The maximum Gasteiger partial charge on any atom is 0.146 e. The molecule has 0 atom stereocenters. The van der Waals surface area contributed by atoms with Crippen LogP contribution in [0.3, 0.4) is 0 Å². The first kappa shape index (κ1) is 11.1. The maximum atomic E-state index is 8.42. The van der Waals surface area contributed by atoms with Gasteiger partial charge in [-0.3, -0.25) is 0 Å². The highest BCUT2D eigenvalue weighted by atomic mass is 35.5. The van der Waals surface area contributed by atoms with Crippen LogP contribution in [0.4, 0.5) is 0 Å². The fraction of sp³-hybridized carbons (Fsp3) is 0.222. The second-order valence-corrected chi connectivity index (χ2v) is 3.33. The minimum atomic E-state index is 0.397. The van der Waals surface area contributed by atoms with Crippen LogP contribution in [0.15, 0.2) is 17.3 Å². The van der Waals surface area contributed by atoms with E-state index >= 15 is 0 Å². The van der Waals surface area contributed by atoms with Gasteiger partial charge in [0.15, 0.2) is 0 Å². The molecule has 76 valence electrons. The Labute approximate surface area is 91.9 Å². The molecule has 0 aliphatic carbocycles. The quantitative estimate of drug-likeness (QED) is 0.495. The molecule has 0 aliphatic rings. The molecule has 1 rings (SSSR count). The Kier molecular flexibility index (Phi) is 4.04. The average molecular weight is 234 g/mol. The molecule has 0 aromatic heterocycles. The first-order valence-electron chi connectivity index (χ1n) is 3.98. The highest BCUT2D eigenvalue weighted by Gasteiger charge is 2.08. The number of nitrogens with zero attached hydrogens (tertiary/aromatic N) is 1. The Bertz CT molecular complexity index is 353. The number of halogens is 2. The molecule has 0 saturated carbocycles. The molecule has 0 heterocycles. The fourth-order valence-corrected chi connectivity index (χ4v) is 1.60. The molecule has 0 bridgehead atoms. The summed E-state index contributed by atoms with van der Waals surface area (Å²) in [6, 6.07) is 3.18. The topological polar surface area (TPSA) is 41.8 Å². The van der Waals surface area contributed by atoms with Crippen molar-refractivity contribution in [2.75, 3.05) is 6.61 Å². The summed E-state index contributed by atoms with van der Waals surface area (Å²) in [5, 5.41) is 12.2. The van der Waals surface area contributed by atoms with Crippen molar-refractivity contribution in [3.63, 3.8) is 0 Å². The second kappa shape index (κ2) is 5.08. The van der Waals surface area contributed by atoms with Gasteiger partial charge in [-0.25, -0.2) is 0 Å². The number of benzene rings is 1. The van der Waals surface area contributed by atoms with E-state index in [9.17, 15) is 0 Å². The van der Waals surface area contributed by atoms with Gasteiger partial charge in [0.25, 0.3) is 0 Å². The maximum absolute atomic E-state index is 8.42. The first-order valence-corrected chi connectivity index (χ1v) is 4.74. The lowest BCUT2D eigenvalue weighted by Gasteiger charge is -2.08. The smallest absolute Gasteiger partial charge is 0.146 e. The summed E-state index contributed by atoms with van der Waals surface area (Å²) in [6.07, 6.45) is 1.22. The highest BCUT2D eigenvalue weighted by molar-refractivity contribution is 6.36. The molecule has 3 nitrogen and oxygen atoms in total. The second-order valence-electron chi connectivity index (χ2n) is 2.48. The summed E-state index contributed by atoms with van der Waals surface area (Å²) in [5.74, 6) is 0.469. The van der Waals surface area contributed by atoms with E-state index in [0.717, 1.165) is 0 Å². The van der Waals surface area contributed by atoms with Crippen LogP contribution in [0.25, 0.3) is 0 Å². The van der Waals surface area contributed by atoms with Crippen LogP contribution in [0.2, 0.25) is 10.0 Å². The largest absolute Gasteiger partial charge is 0.492 e. The molecule has 1 aromatic rings. The molecule has 0 saturated heterocycles. The highest BCUT2D eigenvalue weighted by Crippen LogP contribution is 2.31. The van der Waals surface area contributed by atoms with Crippen LogP contribution in [-0.2, 0) is 0 Å². The minimum Gasteiger partial charge on any atom is -0.492 e. The van der Waals surface area contributed by atoms with Gasteiger partial charge in [-0.2, -0.15) is 0 Å². The Morgan fingerprint density at radius 2 is 2.21 bits per heavy atom.